The minimum atomic E-state index is -0.639. The van der Waals surface area contributed by atoms with E-state index < -0.39 is 11.8 Å². The molecule has 1 aliphatic rings. The molecular weight excluding hydrogens is 370 g/mol. The molecule has 1 heterocycles. The number of carbonyl (C=O) groups is 3. The number of amides is 3. The number of piperazine rings is 1. The topological polar surface area (TPSA) is 79.0 Å². The van der Waals surface area contributed by atoms with Crippen LogP contribution in [-0.2, 0) is 27.5 Å². The van der Waals surface area contributed by atoms with E-state index >= 15 is 0 Å². The summed E-state index contributed by atoms with van der Waals surface area (Å²) in [5.41, 5.74) is 3.00. The predicted octanol–water partition coefficient (Wildman–Crippen LogP) is 1.49. The molecule has 0 aromatic heterocycles. The molecule has 0 aliphatic carbocycles. The lowest BCUT2D eigenvalue weighted by Crippen LogP contribution is -2.55. The van der Waals surface area contributed by atoms with E-state index in [-0.39, 0.29) is 12.5 Å². The standard InChI is InChI=1S/C22H25N3O4/c1-16-6-8-17(9-7-16)14-24-10-11-25(22(28)21(24)27)15-20(26)23-13-18-4-3-5-19(12-18)29-2/h3-9,12H,10-11,13-15H2,1-2H3,(H,23,26). The maximum atomic E-state index is 12.4. The maximum Gasteiger partial charge on any atom is 0.312 e. The van der Waals surface area contributed by atoms with Crippen LogP contribution in [-0.4, -0.2) is 54.3 Å². The number of benzene rings is 2. The number of aryl methyl sites for hydroxylation is 1. The van der Waals surface area contributed by atoms with Crippen LogP contribution in [0.15, 0.2) is 48.5 Å². The number of methoxy groups -OCH3 is 1. The first-order valence-corrected chi connectivity index (χ1v) is 9.49. The highest BCUT2D eigenvalue weighted by Crippen LogP contribution is 2.13. The van der Waals surface area contributed by atoms with Crippen LogP contribution < -0.4 is 10.1 Å². The van der Waals surface area contributed by atoms with E-state index in [9.17, 15) is 14.4 Å². The zero-order valence-corrected chi connectivity index (χ0v) is 16.7. The molecular formula is C22H25N3O4. The summed E-state index contributed by atoms with van der Waals surface area (Å²) in [5, 5.41) is 2.78. The van der Waals surface area contributed by atoms with Gasteiger partial charge in [0, 0.05) is 26.2 Å². The number of nitrogens with zero attached hydrogens (tertiary/aromatic N) is 2. The van der Waals surface area contributed by atoms with Gasteiger partial charge in [-0.25, -0.2) is 0 Å². The molecule has 0 atom stereocenters. The lowest BCUT2D eigenvalue weighted by atomic mass is 10.1. The van der Waals surface area contributed by atoms with E-state index in [2.05, 4.69) is 5.32 Å². The van der Waals surface area contributed by atoms with Gasteiger partial charge in [0.05, 0.1) is 7.11 Å². The third kappa shape index (κ3) is 5.34. The van der Waals surface area contributed by atoms with Gasteiger partial charge in [0.15, 0.2) is 0 Å². The van der Waals surface area contributed by atoms with E-state index in [1.807, 2.05) is 55.5 Å². The largest absolute Gasteiger partial charge is 0.497 e. The van der Waals surface area contributed by atoms with Crippen molar-refractivity contribution in [3.05, 3.63) is 65.2 Å². The molecule has 0 saturated carbocycles. The number of hydrogen-bond acceptors (Lipinski definition) is 4. The molecule has 0 unspecified atom stereocenters. The van der Waals surface area contributed by atoms with Gasteiger partial charge in [-0.3, -0.25) is 14.4 Å². The fourth-order valence-electron chi connectivity index (χ4n) is 3.14. The molecule has 1 aliphatic heterocycles. The molecule has 3 amide bonds. The van der Waals surface area contributed by atoms with E-state index in [0.29, 0.717) is 31.9 Å². The SMILES string of the molecule is COc1cccc(CNC(=O)CN2CCN(Cc3ccc(C)cc3)C(=O)C2=O)c1. The van der Waals surface area contributed by atoms with Crippen molar-refractivity contribution < 1.29 is 19.1 Å². The molecule has 1 N–H and O–H groups in total. The Morgan fingerprint density at radius 2 is 1.69 bits per heavy atom. The Kier molecular flexibility index (Phi) is 6.49. The van der Waals surface area contributed by atoms with E-state index in [0.717, 1.165) is 16.7 Å². The summed E-state index contributed by atoms with van der Waals surface area (Å²) in [4.78, 5) is 39.9. The second kappa shape index (κ2) is 9.23. The fourth-order valence-corrected chi connectivity index (χ4v) is 3.14. The van der Waals surface area contributed by atoms with Gasteiger partial charge in [-0.2, -0.15) is 0 Å². The minimum absolute atomic E-state index is 0.132. The van der Waals surface area contributed by atoms with Crippen molar-refractivity contribution in [3.63, 3.8) is 0 Å². The Morgan fingerprint density at radius 3 is 2.41 bits per heavy atom. The summed E-state index contributed by atoms with van der Waals surface area (Å²) in [5.74, 6) is -0.805. The van der Waals surface area contributed by atoms with Gasteiger partial charge in [-0.05, 0) is 30.2 Å². The van der Waals surface area contributed by atoms with E-state index in [1.165, 1.54) is 9.80 Å². The average Bonchev–Trinajstić information content (AvgIpc) is 2.73. The van der Waals surface area contributed by atoms with Crippen LogP contribution in [0.5, 0.6) is 5.75 Å². The van der Waals surface area contributed by atoms with E-state index in [1.54, 1.807) is 7.11 Å². The molecule has 1 fully saturated rings. The van der Waals surface area contributed by atoms with Gasteiger partial charge < -0.3 is 19.9 Å². The van der Waals surface area contributed by atoms with Crippen molar-refractivity contribution >= 4 is 17.7 Å². The number of nitrogens with one attached hydrogen (secondary N) is 1. The van der Waals surface area contributed by atoms with Crippen molar-refractivity contribution in [1.29, 1.82) is 0 Å². The number of hydrogen-bond donors (Lipinski definition) is 1. The Morgan fingerprint density at radius 1 is 1.00 bits per heavy atom. The van der Waals surface area contributed by atoms with Crippen LogP contribution in [0.4, 0.5) is 0 Å². The number of ether oxygens (including phenoxy) is 1. The predicted molar refractivity (Wildman–Crippen MR) is 108 cm³/mol. The summed E-state index contributed by atoms with van der Waals surface area (Å²) in [7, 11) is 1.58. The van der Waals surface area contributed by atoms with Crippen LogP contribution in [0.25, 0.3) is 0 Å². The highest BCUT2D eigenvalue weighted by Gasteiger charge is 2.33. The van der Waals surface area contributed by atoms with Crippen LogP contribution in [0.1, 0.15) is 16.7 Å². The third-order valence-corrected chi connectivity index (χ3v) is 4.85. The molecule has 152 valence electrons. The van der Waals surface area contributed by atoms with Crippen LogP contribution >= 0.6 is 0 Å². The van der Waals surface area contributed by atoms with Crippen LogP contribution in [0.3, 0.4) is 0 Å². The first-order valence-electron chi connectivity index (χ1n) is 9.49. The molecule has 3 rings (SSSR count). The van der Waals surface area contributed by atoms with Gasteiger partial charge in [-0.15, -0.1) is 0 Å². The minimum Gasteiger partial charge on any atom is -0.497 e. The Bertz CT molecular complexity index is 895. The van der Waals surface area contributed by atoms with Crippen molar-refractivity contribution in [2.75, 3.05) is 26.7 Å². The molecule has 0 radical (unpaired) electrons. The Labute approximate surface area is 170 Å². The van der Waals surface area contributed by atoms with Gasteiger partial charge in [0.2, 0.25) is 5.91 Å². The molecule has 7 heteroatoms. The monoisotopic (exact) mass is 395 g/mol. The van der Waals surface area contributed by atoms with Crippen molar-refractivity contribution in [3.8, 4) is 5.75 Å². The second-order valence-corrected chi connectivity index (χ2v) is 7.07. The van der Waals surface area contributed by atoms with E-state index in [4.69, 9.17) is 4.74 Å². The van der Waals surface area contributed by atoms with Gasteiger partial charge in [0.1, 0.15) is 12.3 Å². The Balaban J connectivity index is 1.50. The number of rotatable bonds is 7. The maximum absolute atomic E-state index is 12.4. The summed E-state index contributed by atoms with van der Waals surface area (Å²) in [6.45, 7) is 3.32. The molecule has 2 aromatic rings. The molecule has 0 spiro atoms. The lowest BCUT2D eigenvalue weighted by molar-refractivity contribution is -0.157. The summed E-state index contributed by atoms with van der Waals surface area (Å²) >= 11 is 0. The van der Waals surface area contributed by atoms with Crippen molar-refractivity contribution in [2.45, 2.75) is 20.0 Å². The molecule has 1 saturated heterocycles. The lowest BCUT2D eigenvalue weighted by Gasteiger charge is -2.33. The highest BCUT2D eigenvalue weighted by atomic mass is 16.5. The summed E-state index contributed by atoms with van der Waals surface area (Å²) in [6, 6.07) is 15.2. The zero-order valence-electron chi connectivity index (χ0n) is 16.7. The quantitative estimate of drug-likeness (QED) is 0.721. The van der Waals surface area contributed by atoms with Crippen molar-refractivity contribution in [1.82, 2.24) is 15.1 Å². The molecule has 2 aromatic carbocycles. The number of carbonyl (C=O) groups excluding carboxylic acids is 3. The van der Waals surface area contributed by atoms with Crippen LogP contribution in [0.2, 0.25) is 0 Å². The fraction of sp³-hybridized carbons (Fsp3) is 0.318. The summed E-state index contributed by atoms with van der Waals surface area (Å²) in [6.07, 6.45) is 0. The smallest absolute Gasteiger partial charge is 0.312 e. The average molecular weight is 395 g/mol. The van der Waals surface area contributed by atoms with Gasteiger partial charge in [0.25, 0.3) is 0 Å². The van der Waals surface area contributed by atoms with Gasteiger partial charge in [-0.1, -0.05) is 42.0 Å². The van der Waals surface area contributed by atoms with Gasteiger partial charge >= 0.3 is 11.8 Å². The molecule has 7 nitrogen and oxygen atoms in total. The third-order valence-electron chi connectivity index (χ3n) is 4.85. The molecule has 29 heavy (non-hydrogen) atoms. The zero-order chi connectivity index (χ0) is 20.8. The second-order valence-electron chi connectivity index (χ2n) is 7.07. The van der Waals surface area contributed by atoms with Crippen LogP contribution in [0, 0.1) is 6.92 Å². The highest BCUT2D eigenvalue weighted by molar-refractivity contribution is 6.35. The Hall–Kier alpha value is -3.35. The van der Waals surface area contributed by atoms with Crippen molar-refractivity contribution in [2.24, 2.45) is 0 Å². The first kappa shape index (κ1) is 20.4. The normalized spacial score (nSPS) is 14.1. The molecule has 0 bridgehead atoms. The first-order chi connectivity index (χ1) is 14.0. The summed E-state index contributed by atoms with van der Waals surface area (Å²) < 4.78 is 5.16.